The average molecular weight is 276 g/mol. The third kappa shape index (κ3) is 3.94. The van der Waals surface area contributed by atoms with Crippen LogP contribution in [0.3, 0.4) is 0 Å². The monoisotopic (exact) mass is 276 g/mol. The number of carbonyl (C=O) groups is 2. The summed E-state index contributed by atoms with van der Waals surface area (Å²) in [5.41, 5.74) is -0.922. The zero-order valence-corrected chi connectivity index (χ0v) is 9.94. The Kier molecular flexibility index (Phi) is 4.47. The summed E-state index contributed by atoms with van der Waals surface area (Å²) in [7, 11) is 0. The number of aromatic nitrogens is 1. The van der Waals surface area contributed by atoms with Crippen LogP contribution in [0.15, 0.2) is 18.3 Å². The van der Waals surface area contributed by atoms with Crippen LogP contribution >= 0.6 is 0 Å². The number of hydrogen-bond donors (Lipinski definition) is 1. The quantitative estimate of drug-likeness (QED) is 0.910. The maximum Gasteiger partial charge on any atom is 0.406 e. The summed E-state index contributed by atoms with van der Waals surface area (Å²) >= 11 is 0. The lowest BCUT2D eigenvalue weighted by Crippen LogP contribution is -2.39. The molecule has 0 aromatic carbocycles. The van der Waals surface area contributed by atoms with Crippen molar-refractivity contribution in [1.82, 2.24) is 9.88 Å². The highest BCUT2D eigenvalue weighted by atomic mass is 19.4. The van der Waals surface area contributed by atoms with E-state index in [1.54, 1.807) is 0 Å². The molecule has 19 heavy (non-hydrogen) atoms. The molecule has 104 valence electrons. The molecule has 1 rings (SSSR count). The van der Waals surface area contributed by atoms with Gasteiger partial charge in [0.25, 0.3) is 5.91 Å². The first kappa shape index (κ1) is 14.9. The van der Waals surface area contributed by atoms with Crippen molar-refractivity contribution in [3.63, 3.8) is 0 Å². The maximum atomic E-state index is 12.3. The Labute approximate surface area is 106 Å². The Bertz CT molecular complexity index is 488. The third-order valence-corrected chi connectivity index (χ3v) is 2.28. The first-order chi connectivity index (χ1) is 8.76. The number of rotatable bonds is 4. The van der Waals surface area contributed by atoms with Gasteiger partial charge < -0.3 is 10.0 Å². The normalized spacial score (nSPS) is 11.2. The predicted molar refractivity (Wildman–Crippen MR) is 58.8 cm³/mol. The second-order valence-corrected chi connectivity index (χ2v) is 3.64. The molecule has 1 aromatic rings. The van der Waals surface area contributed by atoms with Crippen molar-refractivity contribution in [1.29, 1.82) is 0 Å². The molecule has 5 nitrogen and oxygen atoms in total. The van der Waals surface area contributed by atoms with E-state index in [4.69, 9.17) is 5.11 Å². The predicted octanol–water partition coefficient (Wildman–Crippen LogP) is 1.80. The van der Waals surface area contributed by atoms with Crippen LogP contribution in [0.4, 0.5) is 13.2 Å². The van der Waals surface area contributed by atoms with Gasteiger partial charge in [-0.25, -0.2) is 4.79 Å². The molecule has 1 N–H and O–H groups in total. The van der Waals surface area contributed by atoms with E-state index in [-0.39, 0.29) is 6.54 Å². The van der Waals surface area contributed by atoms with E-state index in [9.17, 15) is 22.8 Å². The SMILES string of the molecule is CCN(CC(F)(F)F)C(=O)c1ncccc1C(=O)O. The number of hydrogen-bond acceptors (Lipinski definition) is 3. The number of halogens is 3. The summed E-state index contributed by atoms with van der Waals surface area (Å²) in [5.74, 6) is -2.47. The fourth-order valence-electron chi connectivity index (χ4n) is 1.44. The molecule has 0 aliphatic carbocycles. The van der Waals surface area contributed by atoms with Crippen LogP contribution in [0.25, 0.3) is 0 Å². The standard InChI is InChI=1S/C11H11F3N2O3/c1-2-16(6-11(12,13)14)9(17)8-7(10(18)19)4-3-5-15-8/h3-5H,2,6H2,1H3,(H,18,19). The largest absolute Gasteiger partial charge is 0.478 e. The molecule has 0 spiro atoms. The molecule has 0 aliphatic rings. The van der Waals surface area contributed by atoms with Crippen molar-refractivity contribution < 1.29 is 27.9 Å². The molecule has 0 atom stereocenters. The number of aromatic carboxylic acids is 1. The van der Waals surface area contributed by atoms with Crippen molar-refractivity contribution in [3.8, 4) is 0 Å². The van der Waals surface area contributed by atoms with Crippen LogP contribution in [0.2, 0.25) is 0 Å². The minimum absolute atomic E-state index is 0.200. The minimum Gasteiger partial charge on any atom is -0.478 e. The van der Waals surface area contributed by atoms with Crippen LogP contribution < -0.4 is 0 Å². The Balaban J connectivity index is 3.08. The Morgan fingerprint density at radius 2 is 2.05 bits per heavy atom. The van der Waals surface area contributed by atoms with Crippen LogP contribution in [-0.2, 0) is 0 Å². The maximum absolute atomic E-state index is 12.3. The lowest BCUT2D eigenvalue weighted by atomic mass is 10.1. The lowest BCUT2D eigenvalue weighted by molar-refractivity contribution is -0.140. The number of amides is 1. The van der Waals surface area contributed by atoms with Gasteiger partial charge in [0, 0.05) is 12.7 Å². The highest BCUT2D eigenvalue weighted by Gasteiger charge is 2.34. The average Bonchev–Trinajstić information content (AvgIpc) is 2.34. The Morgan fingerprint density at radius 1 is 1.42 bits per heavy atom. The van der Waals surface area contributed by atoms with E-state index in [0.717, 1.165) is 12.3 Å². The number of pyridine rings is 1. The summed E-state index contributed by atoms with van der Waals surface area (Å²) in [6.45, 7) is -0.279. The van der Waals surface area contributed by atoms with Crippen molar-refractivity contribution in [2.24, 2.45) is 0 Å². The molecule has 0 saturated carbocycles. The molecule has 0 fully saturated rings. The number of alkyl halides is 3. The van der Waals surface area contributed by atoms with Crippen LogP contribution in [0, 0.1) is 0 Å². The van der Waals surface area contributed by atoms with Gasteiger partial charge in [0.1, 0.15) is 12.2 Å². The van der Waals surface area contributed by atoms with Gasteiger partial charge in [-0.05, 0) is 19.1 Å². The first-order valence-corrected chi connectivity index (χ1v) is 5.30. The summed E-state index contributed by atoms with van der Waals surface area (Å²) < 4.78 is 36.9. The molecule has 0 saturated heterocycles. The van der Waals surface area contributed by atoms with Gasteiger partial charge in [-0.2, -0.15) is 13.2 Å². The number of carboxylic acid groups (broad SMARTS) is 1. The zero-order valence-electron chi connectivity index (χ0n) is 9.94. The summed E-state index contributed by atoms with van der Waals surface area (Å²) in [4.78, 5) is 26.8. The third-order valence-electron chi connectivity index (χ3n) is 2.28. The molecular formula is C11H11F3N2O3. The van der Waals surface area contributed by atoms with E-state index < -0.39 is 35.9 Å². The first-order valence-electron chi connectivity index (χ1n) is 5.30. The number of carboxylic acids is 1. The van der Waals surface area contributed by atoms with Gasteiger partial charge in [0.05, 0.1) is 5.56 Å². The van der Waals surface area contributed by atoms with Crippen LogP contribution in [0.1, 0.15) is 27.8 Å². The molecule has 8 heteroatoms. The molecular weight excluding hydrogens is 265 g/mol. The molecule has 0 unspecified atom stereocenters. The highest BCUT2D eigenvalue weighted by Crippen LogP contribution is 2.18. The van der Waals surface area contributed by atoms with E-state index in [2.05, 4.69) is 4.98 Å². The lowest BCUT2D eigenvalue weighted by Gasteiger charge is -2.22. The van der Waals surface area contributed by atoms with Gasteiger partial charge in [-0.15, -0.1) is 0 Å². The molecule has 1 amide bonds. The summed E-state index contributed by atoms with van der Waals surface area (Å²) in [5, 5.41) is 8.87. The number of nitrogens with zero attached hydrogens (tertiary/aromatic N) is 2. The number of carbonyl (C=O) groups excluding carboxylic acids is 1. The second-order valence-electron chi connectivity index (χ2n) is 3.64. The van der Waals surface area contributed by atoms with Gasteiger partial charge in [-0.3, -0.25) is 9.78 Å². The van der Waals surface area contributed by atoms with Gasteiger partial charge in [-0.1, -0.05) is 0 Å². The van der Waals surface area contributed by atoms with Crippen LogP contribution in [0.5, 0.6) is 0 Å². The van der Waals surface area contributed by atoms with Crippen molar-refractivity contribution in [3.05, 3.63) is 29.6 Å². The second kappa shape index (κ2) is 5.68. The molecule has 1 aromatic heterocycles. The van der Waals surface area contributed by atoms with Crippen molar-refractivity contribution in [2.45, 2.75) is 13.1 Å². The molecule has 0 aliphatic heterocycles. The summed E-state index contributed by atoms with van der Waals surface area (Å²) in [6.07, 6.45) is -3.40. The summed E-state index contributed by atoms with van der Waals surface area (Å²) in [6, 6.07) is 2.41. The van der Waals surface area contributed by atoms with Gasteiger partial charge in [0.15, 0.2) is 0 Å². The van der Waals surface area contributed by atoms with Gasteiger partial charge >= 0.3 is 12.1 Å². The van der Waals surface area contributed by atoms with Crippen LogP contribution in [-0.4, -0.2) is 46.1 Å². The zero-order chi connectivity index (χ0) is 14.6. The fourth-order valence-corrected chi connectivity index (χ4v) is 1.44. The van der Waals surface area contributed by atoms with E-state index >= 15 is 0 Å². The Hall–Kier alpha value is -2.12. The van der Waals surface area contributed by atoms with Crippen molar-refractivity contribution in [2.75, 3.05) is 13.1 Å². The van der Waals surface area contributed by atoms with Gasteiger partial charge in [0.2, 0.25) is 0 Å². The fraction of sp³-hybridized carbons (Fsp3) is 0.364. The van der Waals surface area contributed by atoms with E-state index in [1.165, 1.54) is 13.0 Å². The van der Waals surface area contributed by atoms with Crippen molar-refractivity contribution >= 4 is 11.9 Å². The molecule has 0 radical (unpaired) electrons. The van der Waals surface area contributed by atoms with E-state index in [0.29, 0.717) is 4.90 Å². The Morgan fingerprint density at radius 3 is 2.53 bits per heavy atom. The smallest absolute Gasteiger partial charge is 0.406 e. The molecule has 1 heterocycles. The molecule has 0 bridgehead atoms. The minimum atomic E-state index is -4.55. The topological polar surface area (TPSA) is 70.5 Å². The highest BCUT2D eigenvalue weighted by molar-refractivity contribution is 6.03. The van der Waals surface area contributed by atoms with E-state index in [1.807, 2.05) is 0 Å².